The van der Waals surface area contributed by atoms with Crippen LogP contribution in [0.5, 0.6) is 0 Å². The highest BCUT2D eigenvalue weighted by Gasteiger charge is 2.68. The Morgan fingerprint density at radius 3 is 1.84 bits per heavy atom. The Morgan fingerprint density at radius 1 is 0.895 bits per heavy atom. The second kappa shape index (κ2) is 3.33. The summed E-state index contributed by atoms with van der Waals surface area (Å²) in [7, 11) is 0. The molecular formula is C15H22O4. The Morgan fingerprint density at radius 2 is 1.42 bits per heavy atom. The molecular weight excluding hydrogens is 244 g/mol. The van der Waals surface area contributed by atoms with Crippen molar-refractivity contribution in [1.29, 1.82) is 0 Å². The van der Waals surface area contributed by atoms with Crippen molar-refractivity contribution in [3.8, 4) is 0 Å². The van der Waals surface area contributed by atoms with E-state index in [-0.39, 0.29) is 22.7 Å². The molecule has 19 heavy (non-hydrogen) atoms. The molecule has 4 fully saturated rings. The predicted molar refractivity (Wildman–Crippen MR) is 68.7 cm³/mol. The zero-order chi connectivity index (χ0) is 14.1. The van der Waals surface area contributed by atoms with Gasteiger partial charge in [-0.05, 0) is 54.8 Å². The van der Waals surface area contributed by atoms with Crippen molar-refractivity contribution in [2.45, 2.75) is 58.8 Å². The summed E-state index contributed by atoms with van der Waals surface area (Å²) in [5, 5.41) is 18.9. The molecule has 2 atom stereocenters. The van der Waals surface area contributed by atoms with Crippen molar-refractivity contribution in [3.63, 3.8) is 0 Å². The smallest absolute Gasteiger partial charge is 0.309 e. The molecule has 4 nitrogen and oxygen atoms in total. The summed E-state index contributed by atoms with van der Waals surface area (Å²) in [4.78, 5) is 23.0. The molecule has 0 aromatic rings. The molecule has 2 unspecified atom stereocenters. The number of carboxylic acids is 2. The van der Waals surface area contributed by atoms with Crippen LogP contribution in [0.3, 0.4) is 0 Å². The van der Waals surface area contributed by atoms with E-state index in [1.54, 1.807) is 0 Å². The van der Waals surface area contributed by atoms with Gasteiger partial charge < -0.3 is 10.2 Å². The van der Waals surface area contributed by atoms with Crippen LogP contribution in [0, 0.1) is 21.7 Å². The Bertz CT molecular complexity index is 449. The molecule has 0 aromatic heterocycles. The van der Waals surface area contributed by atoms with Crippen molar-refractivity contribution in [1.82, 2.24) is 0 Å². The summed E-state index contributed by atoms with van der Waals surface area (Å²) in [5.74, 6) is -1.49. The summed E-state index contributed by atoms with van der Waals surface area (Å²) in [6, 6.07) is 0. The highest BCUT2D eigenvalue weighted by molar-refractivity contribution is 5.76. The first-order valence-corrected chi connectivity index (χ1v) is 7.06. The third-order valence-electron chi connectivity index (χ3n) is 5.68. The molecule has 4 aliphatic carbocycles. The second-order valence-electron chi connectivity index (χ2n) is 8.34. The van der Waals surface area contributed by atoms with Crippen LogP contribution in [-0.4, -0.2) is 22.2 Å². The van der Waals surface area contributed by atoms with Crippen LogP contribution in [0.2, 0.25) is 0 Å². The van der Waals surface area contributed by atoms with Gasteiger partial charge >= 0.3 is 11.9 Å². The summed E-state index contributed by atoms with van der Waals surface area (Å²) >= 11 is 0. The molecule has 4 saturated carbocycles. The summed E-state index contributed by atoms with van der Waals surface area (Å²) < 4.78 is 0. The minimum Gasteiger partial charge on any atom is -0.481 e. The van der Waals surface area contributed by atoms with Crippen molar-refractivity contribution < 1.29 is 19.8 Å². The van der Waals surface area contributed by atoms with Gasteiger partial charge in [0.05, 0.1) is 11.8 Å². The standard InChI is InChI=1S/C15H22O4/c1-12-4-13(2)6-14(5-12,3-10(16)17)9-15(7-12,8-13)11(18)19/h3-9H2,1-2H3,(H,16,17)(H,18,19). The van der Waals surface area contributed by atoms with Gasteiger partial charge in [-0.1, -0.05) is 13.8 Å². The molecule has 0 heterocycles. The minimum atomic E-state index is -0.783. The van der Waals surface area contributed by atoms with Gasteiger partial charge in [-0.15, -0.1) is 0 Å². The van der Waals surface area contributed by atoms with Gasteiger partial charge in [0.15, 0.2) is 0 Å². The number of aliphatic carboxylic acids is 2. The van der Waals surface area contributed by atoms with Crippen LogP contribution in [0.25, 0.3) is 0 Å². The van der Waals surface area contributed by atoms with Gasteiger partial charge in [0.2, 0.25) is 0 Å². The van der Waals surface area contributed by atoms with E-state index in [0.717, 1.165) is 32.1 Å². The molecule has 106 valence electrons. The van der Waals surface area contributed by atoms with Crippen molar-refractivity contribution >= 4 is 11.9 Å². The van der Waals surface area contributed by atoms with Gasteiger partial charge in [-0.2, -0.15) is 0 Å². The second-order valence-corrected chi connectivity index (χ2v) is 8.34. The van der Waals surface area contributed by atoms with E-state index in [9.17, 15) is 19.8 Å². The fourth-order valence-corrected chi connectivity index (χ4v) is 6.68. The van der Waals surface area contributed by atoms with Crippen molar-refractivity contribution in [2.24, 2.45) is 21.7 Å². The molecule has 4 rings (SSSR count). The molecule has 4 heteroatoms. The van der Waals surface area contributed by atoms with E-state index in [0.29, 0.717) is 6.42 Å². The molecule has 0 amide bonds. The lowest BCUT2D eigenvalue weighted by Crippen LogP contribution is -2.62. The lowest BCUT2D eigenvalue weighted by Gasteiger charge is -2.68. The highest BCUT2D eigenvalue weighted by Crippen LogP contribution is 2.74. The molecule has 2 N–H and O–H groups in total. The maximum atomic E-state index is 11.8. The maximum Gasteiger partial charge on any atom is 0.309 e. The van der Waals surface area contributed by atoms with E-state index < -0.39 is 17.4 Å². The first-order valence-electron chi connectivity index (χ1n) is 7.06. The number of hydrogen-bond acceptors (Lipinski definition) is 2. The summed E-state index contributed by atoms with van der Waals surface area (Å²) in [6.45, 7) is 4.33. The average Bonchev–Trinajstić information content (AvgIpc) is 2.07. The quantitative estimate of drug-likeness (QED) is 0.823. The van der Waals surface area contributed by atoms with Crippen molar-refractivity contribution in [2.75, 3.05) is 0 Å². The van der Waals surface area contributed by atoms with E-state index in [2.05, 4.69) is 13.8 Å². The fourth-order valence-electron chi connectivity index (χ4n) is 6.68. The Hall–Kier alpha value is -1.06. The SMILES string of the molecule is CC12CC3(C)CC(CC(=O)O)(C1)CC(C(=O)O)(C2)C3. The highest BCUT2D eigenvalue weighted by atomic mass is 16.4. The van der Waals surface area contributed by atoms with E-state index >= 15 is 0 Å². The Balaban J connectivity index is 2.06. The van der Waals surface area contributed by atoms with Gasteiger partial charge in [0.1, 0.15) is 0 Å². The van der Waals surface area contributed by atoms with Crippen LogP contribution >= 0.6 is 0 Å². The van der Waals surface area contributed by atoms with Gasteiger partial charge in [0, 0.05) is 0 Å². The third-order valence-corrected chi connectivity index (χ3v) is 5.68. The van der Waals surface area contributed by atoms with Crippen LogP contribution in [0.4, 0.5) is 0 Å². The third kappa shape index (κ3) is 1.79. The molecule has 4 aliphatic rings. The maximum absolute atomic E-state index is 11.8. The zero-order valence-electron chi connectivity index (χ0n) is 11.7. The molecule has 0 aromatic carbocycles. The lowest BCUT2D eigenvalue weighted by atomic mass is 9.35. The van der Waals surface area contributed by atoms with Crippen LogP contribution in [0.15, 0.2) is 0 Å². The monoisotopic (exact) mass is 266 g/mol. The topological polar surface area (TPSA) is 74.6 Å². The zero-order valence-corrected chi connectivity index (χ0v) is 11.7. The molecule has 0 saturated heterocycles. The number of rotatable bonds is 3. The van der Waals surface area contributed by atoms with Crippen molar-refractivity contribution in [3.05, 3.63) is 0 Å². The van der Waals surface area contributed by atoms with Gasteiger partial charge in [0.25, 0.3) is 0 Å². The van der Waals surface area contributed by atoms with Gasteiger partial charge in [-0.3, -0.25) is 9.59 Å². The van der Waals surface area contributed by atoms with Crippen LogP contribution in [0.1, 0.15) is 58.8 Å². The summed E-state index contributed by atoms with van der Waals surface area (Å²) in [5.41, 5.74) is -0.940. The Labute approximate surface area is 113 Å². The number of carbonyl (C=O) groups is 2. The average molecular weight is 266 g/mol. The van der Waals surface area contributed by atoms with E-state index in [1.165, 1.54) is 0 Å². The predicted octanol–water partition coefficient (Wildman–Crippen LogP) is 2.91. The molecule has 0 aliphatic heterocycles. The Kier molecular flexibility index (Phi) is 2.27. The van der Waals surface area contributed by atoms with E-state index in [1.807, 2.05) is 0 Å². The van der Waals surface area contributed by atoms with Crippen LogP contribution < -0.4 is 0 Å². The molecule has 4 bridgehead atoms. The number of carboxylic acid groups (broad SMARTS) is 2. The first kappa shape index (κ1) is 12.9. The molecule has 0 radical (unpaired) electrons. The summed E-state index contributed by atoms with van der Waals surface area (Å²) in [6.07, 6.45) is 4.98. The molecule has 0 spiro atoms. The minimum absolute atomic E-state index is 0.0112. The fraction of sp³-hybridized carbons (Fsp3) is 0.867. The first-order chi connectivity index (χ1) is 8.60. The largest absolute Gasteiger partial charge is 0.481 e. The van der Waals surface area contributed by atoms with Crippen LogP contribution in [-0.2, 0) is 9.59 Å². The normalized spacial score (nSPS) is 51.3. The lowest BCUT2D eigenvalue weighted by molar-refractivity contribution is -0.211. The number of hydrogen-bond donors (Lipinski definition) is 2. The van der Waals surface area contributed by atoms with Gasteiger partial charge in [-0.25, -0.2) is 0 Å². The van der Waals surface area contributed by atoms with E-state index in [4.69, 9.17) is 0 Å².